The standard InChI is InChI=1S/C17H18N2O/c1-10-9-13(11(2)12(3)16(10)20-4)17-18-14-7-5-6-8-15(14)19-17/h5-9H,1-4H3,(H,18,19). The zero-order chi connectivity index (χ0) is 14.3. The molecule has 3 rings (SSSR count). The van der Waals surface area contributed by atoms with Crippen molar-refractivity contribution < 1.29 is 4.74 Å². The van der Waals surface area contributed by atoms with Gasteiger partial charge in [-0.3, -0.25) is 0 Å². The molecule has 0 atom stereocenters. The molecule has 0 radical (unpaired) electrons. The van der Waals surface area contributed by atoms with E-state index < -0.39 is 0 Å². The highest BCUT2D eigenvalue weighted by molar-refractivity contribution is 5.80. The van der Waals surface area contributed by atoms with Crippen LogP contribution in [0.1, 0.15) is 16.7 Å². The molecule has 102 valence electrons. The first kappa shape index (κ1) is 12.7. The number of aromatic amines is 1. The summed E-state index contributed by atoms with van der Waals surface area (Å²) >= 11 is 0. The number of rotatable bonds is 2. The lowest BCUT2D eigenvalue weighted by Gasteiger charge is -2.14. The Bertz CT molecular complexity index is 754. The van der Waals surface area contributed by atoms with Crippen LogP contribution in [-0.2, 0) is 0 Å². The summed E-state index contributed by atoms with van der Waals surface area (Å²) in [6.45, 7) is 6.27. The Morgan fingerprint density at radius 3 is 2.50 bits per heavy atom. The van der Waals surface area contributed by atoms with Crippen LogP contribution >= 0.6 is 0 Å². The van der Waals surface area contributed by atoms with E-state index >= 15 is 0 Å². The number of hydrogen-bond acceptors (Lipinski definition) is 2. The third-order valence-electron chi connectivity index (χ3n) is 3.87. The van der Waals surface area contributed by atoms with E-state index in [-0.39, 0.29) is 0 Å². The molecular formula is C17H18N2O. The molecule has 1 aromatic heterocycles. The molecule has 0 unspecified atom stereocenters. The first-order chi connectivity index (χ1) is 9.61. The van der Waals surface area contributed by atoms with E-state index in [0.717, 1.165) is 33.7 Å². The Balaban J connectivity index is 2.24. The lowest BCUT2D eigenvalue weighted by atomic mass is 9.98. The van der Waals surface area contributed by atoms with Crippen LogP contribution in [0, 0.1) is 20.8 Å². The summed E-state index contributed by atoms with van der Waals surface area (Å²) in [5, 5.41) is 0. The molecule has 0 aliphatic heterocycles. The quantitative estimate of drug-likeness (QED) is 0.756. The zero-order valence-corrected chi connectivity index (χ0v) is 12.2. The molecule has 0 amide bonds. The number of imidazole rings is 1. The average Bonchev–Trinajstić information content (AvgIpc) is 2.87. The average molecular weight is 266 g/mol. The van der Waals surface area contributed by atoms with Gasteiger partial charge < -0.3 is 9.72 Å². The maximum atomic E-state index is 5.48. The Labute approximate surface area is 118 Å². The maximum absolute atomic E-state index is 5.48. The Kier molecular flexibility index (Phi) is 2.97. The van der Waals surface area contributed by atoms with Crippen molar-refractivity contribution in [2.24, 2.45) is 0 Å². The van der Waals surface area contributed by atoms with Crippen molar-refractivity contribution >= 4 is 11.0 Å². The van der Waals surface area contributed by atoms with Crippen molar-refractivity contribution in [3.05, 3.63) is 47.0 Å². The van der Waals surface area contributed by atoms with E-state index in [1.54, 1.807) is 7.11 Å². The Morgan fingerprint density at radius 1 is 1.05 bits per heavy atom. The highest BCUT2D eigenvalue weighted by Gasteiger charge is 2.14. The van der Waals surface area contributed by atoms with Gasteiger partial charge in [0.25, 0.3) is 0 Å². The van der Waals surface area contributed by atoms with Crippen molar-refractivity contribution in [3.63, 3.8) is 0 Å². The predicted octanol–water partition coefficient (Wildman–Crippen LogP) is 4.16. The van der Waals surface area contributed by atoms with Gasteiger partial charge in [0.1, 0.15) is 11.6 Å². The normalized spacial score (nSPS) is 11.0. The van der Waals surface area contributed by atoms with Gasteiger partial charge in [0.15, 0.2) is 0 Å². The molecule has 0 spiro atoms. The van der Waals surface area contributed by atoms with Crippen LogP contribution in [0.25, 0.3) is 22.4 Å². The van der Waals surface area contributed by atoms with Crippen LogP contribution in [0.4, 0.5) is 0 Å². The summed E-state index contributed by atoms with van der Waals surface area (Å²) in [4.78, 5) is 8.08. The summed E-state index contributed by atoms with van der Waals surface area (Å²) in [7, 11) is 1.72. The molecule has 0 bridgehead atoms. The minimum atomic E-state index is 0.914. The van der Waals surface area contributed by atoms with Gasteiger partial charge in [0, 0.05) is 5.56 Å². The van der Waals surface area contributed by atoms with E-state index in [2.05, 4.69) is 36.8 Å². The van der Waals surface area contributed by atoms with E-state index in [9.17, 15) is 0 Å². The van der Waals surface area contributed by atoms with E-state index in [1.807, 2.05) is 24.3 Å². The first-order valence-corrected chi connectivity index (χ1v) is 6.71. The number of methoxy groups -OCH3 is 1. The number of nitrogens with zero attached hydrogens (tertiary/aromatic N) is 1. The van der Waals surface area contributed by atoms with Crippen LogP contribution < -0.4 is 4.74 Å². The van der Waals surface area contributed by atoms with Gasteiger partial charge in [0.05, 0.1) is 18.1 Å². The molecule has 1 heterocycles. The molecule has 0 aliphatic carbocycles. The van der Waals surface area contributed by atoms with Crippen LogP contribution in [0.5, 0.6) is 5.75 Å². The molecule has 1 N–H and O–H groups in total. The maximum Gasteiger partial charge on any atom is 0.138 e. The fourth-order valence-corrected chi connectivity index (χ4v) is 2.70. The van der Waals surface area contributed by atoms with Crippen LogP contribution in [0.3, 0.4) is 0 Å². The smallest absolute Gasteiger partial charge is 0.138 e. The molecular weight excluding hydrogens is 248 g/mol. The monoisotopic (exact) mass is 266 g/mol. The highest BCUT2D eigenvalue weighted by Crippen LogP contribution is 2.33. The van der Waals surface area contributed by atoms with Crippen molar-refractivity contribution in [1.82, 2.24) is 9.97 Å². The molecule has 0 saturated carbocycles. The van der Waals surface area contributed by atoms with Crippen molar-refractivity contribution in [2.45, 2.75) is 20.8 Å². The third-order valence-corrected chi connectivity index (χ3v) is 3.87. The second-order valence-corrected chi connectivity index (χ2v) is 5.13. The number of aromatic nitrogens is 2. The molecule has 0 fully saturated rings. The van der Waals surface area contributed by atoms with Crippen LogP contribution in [0.2, 0.25) is 0 Å². The molecule has 3 nitrogen and oxygen atoms in total. The predicted molar refractivity (Wildman–Crippen MR) is 82.3 cm³/mol. The van der Waals surface area contributed by atoms with Crippen LogP contribution in [-0.4, -0.2) is 17.1 Å². The van der Waals surface area contributed by atoms with Gasteiger partial charge in [-0.05, 0) is 55.7 Å². The number of ether oxygens (including phenoxy) is 1. The largest absolute Gasteiger partial charge is 0.496 e. The van der Waals surface area contributed by atoms with Gasteiger partial charge in [-0.2, -0.15) is 0 Å². The minimum absolute atomic E-state index is 0.914. The van der Waals surface area contributed by atoms with Gasteiger partial charge >= 0.3 is 0 Å². The summed E-state index contributed by atoms with van der Waals surface area (Å²) in [6.07, 6.45) is 0. The van der Waals surface area contributed by atoms with Gasteiger partial charge in [-0.25, -0.2) is 4.98 Å². The Hall–Kier alpha value is -2.29. The van der Waals surface area contributed by atoms with Gasteiger partial charge in [-0.15, -0.1) is 0 Å². The van der Waals surface area contributed by atoms with E-state index in [4.69, 9.17) is 4.74 Å². The summed E-state index contributed by atoms with van der Waals surface area (Å²) in [5.41, 5.74) is 6.69. The van der Waals surface area contributed by atoms with Crippen LogP contribution in [0.15, 0.2) is 30.3 Å². The number of nitrogens with one attached hydrogen (secondary N) is 1. The molecule has 0 saturated heterocycles. The third kappa shape index (κ3) is 1.86. The number of fused-ring (bicyclic) bond motifs is 1. The summed E-state index contributed by atoms with van der Waals surface area (Å²) in [5.74, 6) is 1.87. The van der Waals surface area contributed by atoms with Crippen molar-refractivity contribution in [1.29, 1.82) is 0 Å². The lowest BCUT2D eigenvalue weighted by molar-refractivity contribution is 0.408. The fourth-order valence-electron chi connectivity index (χ4n) is 2.70. The van der Waals surface area contributed by atoms with Crippen molar-refractivity contribution in [3.8, 4) is 17.1 Å². The second kappa shape index (κ2) is 4.67. The summed E-state index contributed by atoms with van der Waals surface area (Å²) in [6, 6.07) is 10.2. The molecule has 3 heteroatoms. The zero-order valence-electron chi connectivity index (χ0n) is 12.2. The second-order valence-electron chi connectivity index (χ2n) is 5.13. The molecule has 20 heavy (non-hydrogen) atoms. The first-order valence-electron chi connectivity index (χ1n) is 6.71. The SMILES string of the molecule is COc1c(C)cc(-c2nc3ccccc3[nH]2)c(C)c1C. The number of hydrogen-bond donors (Lipinski definition) is 1. The number of aryl methyl sites for hydroxylation is 1. The molecule has 3 aromatic rings. The molecule has 0 aliphatic rings. The van der Waals surface area contributed by atoms with Crippen molar-refractivity contribution in [2.75, 3.05) is 7.11 Å². The Morgan fingerprint density at radius 2 is 1.80 bits per heavy atom. The fraction of sp³-hybridized carbons (Fsp3) is 0.235. The van der Waals surface area contributed by atoms with Gasteiger partial charge in [0.2, 0.25) is 0 Å². The van der Waals surface area contributed by atoms with E-state index in [0.29, 0.717) is 0 Å². The highest BCUT2D eigenvalue weighted by atomic mass is 16.5. The topological polar surface area (TPSA) is 37.9 Å². The minimum Gasteiger partial charge on any atom is -0.496 e. The summed E-state index contributed by atoms with van der Waals surface area (Å²) < 4.78 is 5.48. The molecule has 2 aromatic carbocycles. The number of H-pyrrole nitrogens is 1. The van der Waals surface area contributed by atoms with Gasteiger partial charge in [-0.1, -0.05) is 12.1 Å². The lowest BCUT2D eigenvalue weighted by Crippen LogP contribution is -1.97. The number of para-hydroxylation sites is 2. The number of benzene rings is 2. The van der Waals surface area contributed by atoms with E-state index in [1.165, 1.54) is 11.1 Å².